The molecule has 0 unspecified atom stereocenters. The maximum absolute atomic E-state index is 6.06. The molecule has 21 heavy (non-hydrogen) atoms. The topological polar surface area (TPSA) is 9.23 Å². The number of rotatable bonds is 6. The number of ether oxygens (including phenoxy) is 1. The standard InChI is InChI=1S/C18H21ClOS/c1-13-5-4-6-14(2)18(13)20-11-17-9-15(12-21-3)7-8-16(17)10-19/h4-9H,10-12H2,1-3H3. The zero-order chi connectivity index (χ0) is 15.2. The van der Waals surface area contributed by atoms with Crippen LogP contribution in [0.15, 0.2) is 36.4 Å². The van der Waals surface area contributed by atoms with Gasteiger partial charge >= 0.3 is 0 Å². The van der Waals surface area contributed by atoms with Crippen LogP contribution in [-0.4, -0.2) is 6.26 Å². The quantitative estimate of drug-likeness (QED) is 0.651. The third-order valence-corrected chi connectivity index (χ3v) is 4.42. The van der Waals surface area contributed by atoms with E-state index < -0.39 is 0 Å². The van der Waals surface area contributed by atoms with Crippen molar-refractivity contribution in [2.75, 3.05) is 6.26 Å². The lowest BCUT2D eigenvalue weighted by molar-refractivity contribution is 0.301. The van der Waals surface area contributed by atoms with Crippen molar-refractivity contribution in [3.63, 3.8) is 0 Å². The van der Waals surface area contributed by atoms with Crippen molar-refractivity contribution >= 4 is 23.4 Å². The number of aryl methyl sites for hydroxylation is 2. The highest BCUT2D eigenvalue weighted by Gasteiger charge is 2.07. The van der Waals surface area contributed by atoms with Crippen LogP contribution in [-0.2, 0) is 18.2 Å². The van der Waals surface area contributed by atoms with Gasteiger partial charge in [0.15, 0.2) is 0 Å². The summed E-state index contributed by atoms with van der Waals surface area (Å²) in [6, 6.07) is 12.7. The number of hydrogen-bond donors (Lipinski definition) is 0. The van der Waals surface area contributed by atoms with Gasteiger partial charge in [-0.1, -0.05) is 36.4 Å². The lowest BCUT2D eigenvalue weighted by Gasteiger charge is -2.14. The van der Waals surface area contributed by atoms with Crippen molar-refractivity contribution in [3.8, 4) is 5.75 Å². The van der Waals surface area contributed by atoms with E-state index in [0.29, 0.717) is 12.5 Å². The Balaban J connectivity index is 2.20. The Morgan fingerprint density at radius 1 is 1.05 bits per heavy atom. The van der Waals surface area contributed by atoms with Crippen LogP contribution < -0.4 is 4.74 Å². The van der Waals surface area contributed by atoms with Gasteiger partial charge in [-0.05, 0) is 47.9 Å². The van der Waals surface area contributed by atoms with Crippen molar-refractivity contribution in [1.82, 2.24) is 0 Å². The van der Waals surface area contributed by atoms with Crippen LogP contribution in [0.3, 0.4) is 0 Å². The van der Waals surface area contributed by atoms with Crippen molar-refractivity contribution in [2.24, 2.45) is 0 Å². The number of benzene rings is 2. The zero-order valence-electron chi connectivity index (χ0n) is 12.8. The summed E-state index contributed by atoms with van der Waals surface area (Å²) < 4.78 is 6.06. The number of alkyl halides is 1. The third kappa shape index (κ3) is 4.18. The molecule has 0 aliphatic carbocycles. The Bertz CT molecular complexity index is 590. The van der Waals surface area contributed by atoms with Gasteiger partial charge in [0.05, 0.1) is 0 Å². The second kappa shape index (κ2) is 7.77. The second-order valence-electron chi connectivity index (χ2n) is 5.18. The Morgan fingerprint density at radius 3 is 2.38 bits per heavy atom. The molecule has 1 nitrogen and oxygen atoms in total. The number of para-hydroxylation sites is 1. The number of halogens is 1. The van der Waals surface area contributed by atoms with E-state index in [-0.39, 0.29) is 0 Å². The van der Waals surface area contributed by atoms with E-state index in [2.05, 4.69) is 56.5 Å². The summed E-state index contributed by atoms with van der Waals surface area (Å²) >= 11 is 7.87. The summed E-state index contributed by atoms with van der Waals surface area (Å²) in [6.45, 7) is 4.72. The first-order valence-corrected chi connectivity index (χ1v) is 8.93. The van der Waals surface area contributed by atoms with Crippen molar-refractivity contribution < 1.29 is 4.74 Å². The molecule has 0 atom stereocenters. The average Bonchev–Trinajstić information content (AvgIpc) is 2.47. The zero-order valence-corrected chi connectivity index (χ0v) is 14.4. The van der Waals surface area contributed by atoms with E-state index in [4.69, 9.17) is 16.3 Å². The molecule has 0 bridgehead atoms. The van der Waals surface area contributed by atoms with Crippen molar-refractivity contribution in [1.29, 1.82) is 0 Å². The van der Waals surface area contributed by atoms with Crippen molar-refractivity contribution in [3.05, 3.63) is 64.2 Å². The summed E-state index contributed by atoms with van der Waals surface area (Å²) in [7, 11) is 0. The number of hydrogen-bond acceptors (Lipinski definition) is 2. The third-order valence-electron chi connectivity index (χ3n) is 3.51. The van der Waals surface area contributed by atoms with E-state index in [1.807, 2.05) is 11.8 Å². The fourth-order valence-electron chi connectivity index (χ4n) is 2.38. The van der Waals surface area contributed by atoms with E-state index >= 15 is 0 Å². The fraction of sp³-hybridized carbons (Fsp3) is 0.333. The molecular formula is C18H21ClOS. The number of thioether (sulfide) groups is 1. The normalized spacial score (nSPS) is 10.7. The molecule has 0 amide bonds. The fourth-order valence-corrected chi connectivity index (χ4v) is 3.15. The molecule has 0 aromatic heterocycles. The minimum absolute atomic E-state index is 0.519. The molecule has 0 radical (unpaired) electrons. The monoisotopic (exact) mass is 320 g/mol. The van der Waals surface area contributed by atoms with Crippen molar-refractivity contribution in [2.45, 2.75) is 32.1 Å². The van der Waals surface area contributed by atoms with Gasteiger partial charge < -0.3 is 4.74 Å². The van der Waals surface area contributed by atoms with Crippen LogP contribution in [0.1, 0.15) is 27.8 Å². The first kappa shape index (κ1) is 16.3. The molecule has 0 saturated heterocycles. The highest BCUT2D eigenvalue weighted by molar-refractivity contribution is 7.97. The van der Waals surface area contributed by atoms with Crippen LogP contribution in [0.5, 0.6) is 5.75 Å². The molecular weight excluding hydrogens is 300 g/mol. The molecule has 0 N–H and O–H groups in total. The van der Waals surface area contributed by atoms with Gasteiger partial charge in [0.1, 0.15) is 12.4 Å². The molecule has 2 rings (SSSR count). The molecule has 0 spiro atoms. The minimum Gasteiger partial charge on any atom is -0.488 e. The molecule has 0 fully saturated rings. The van der Waals surface area contributed by atoms with E-state index in [1.54, 1.807) is 0 Å². The summed E-state index contributed by atoms with van der Waals surface area (Å²) in [4.78, 5) is 0. The predicted octanol–water partition coefficient (Wildman–Crippen LogP) is 5.48. The molecule has 3 heteroatoms. The Kier molecular flexibility index (Phi) is 6.01. The second-order valence-corrected chi connectivity index (χ2v) is 6.31. The lowest BCUT2D eigenvalue weighted by atomic mass is 10.1. The molecule has 0 aliphatic heterocycles. The van der Waals surface area contributed by atoms with Crippen LogP contribution in [0, 0.1) is 13.8 Å². The Labute approximate surface area is 136 Å². The highest BCUT2D eigenvalue weighted by Crippen LogP contribution is 2.25. The highest BCUT2D eigenvalue weighted by atomic mass is 35.5. The van der Waals surface area contributed by atoms with Crippen LogP contribution in [0.2, 0.25) is 0 Å². The van der Waals surface area contributed by atoms with Crippen LogP contribution in [0.4, 0.5) is 0 Å². The average molecular weight is 321 g/mol. The summed E-state index contributed by atoms with van der Waals surface area (Å²) in [5, 5.41) is 0. The molecule has 2 aromatic rings. The van der Waals surface area contributed by atoms with Crippen LogP contribution in [0.25, 0.3) is 0 Å². The van der Waals surface area contributed by atoms with E-state index in [0.717, 1.165) is 17.1 Å². The van der Waals surface area contributed by atoms with Gasteiger partial charge in [0.25, 0.3) is 0 Å². The maximum Gasteiger partial charge on any atom is 0.125 e. The van der Waals surface area contributed by atoms with Gasteiger partial charge in [-0.3, -0.25) is 0 Å². The van der Waals surface area contributed by atoms with E-state index in [9.17, 15) is 0 Å². The lowest BCUT2D eigenvalue weighted by Crippen LogP contribution is -2.02. The smallest absolute Gasteiger partial charge is 0.125 e. The first-order valence-electron chi connectivity index (χ1n) is 7.00. The van der Waals surface area contributed by atoms with Gasteiger partial charge in [0.2, 0.25) is 0 Å². The largest absolute Gasteiger partial charge is 0.488 e. The molecule has 112 valence electrons. The Hall–Kier alpha value is -1.12. The van der Waals surface area contributed by atoms with Gasteiger partial charge in [-0.2, -0.15) is 11.8 Å². The summed E-state index contributed by atoms with van der Waals surface area (Å²) in [5.41, 5.74) is 5.98. The van der Waals surface area contributed by atoms with E-state index in [1.165, 1.54) is 22.3 Å². The predicted molar refractivity (Wildman–Crippen MR) is 93.5 cm³/mol. The molecule has 0 heterocycles. The molecule has 0 aliphatic rings. The van der Waals surface area contributed by atoms with Gasteiger partial charge in [0, 0.05) is 11.6 Å². The van der Waals surface area contributed by atoms with Gasteiger partial charge in [-0.15, -0.1) is 11.6 Å². The summed E-state index contributed by atoms with van der Waals surface area (Å²) in [5.74, 6) is 2.51. The van der Waals surface area contributed by atoms with Gasteiger partial charge in [-0.25, -0.2) is 0 Å². The Morgan fingerprint density at radius 2 is 1.76 bits per heavy atom. The molecule has 0 saturated carbocycles. The van der Waals surface area contributed by atoms with Crippen LogP contribution >= 0.6 is 23.4 Å². The minimum atomic E-state index is 0.519. The summed E-state index contributed by atoms with van der Waals surface area (Å²) in [6.07, 6.45) is 2.11. The maximum atomic E-state index is 6.06. The first-order chi connectivity index (χ1) is 10.2. The SMILES string of the molecule is CSCc1ccc(CCl)c(COc2c(C)cccc2C)c1. The molecule has 2 aromatic carbocycles.